The maximum absolute atomic E-state index is 12.4. The lowest BCUT2D eigenvalue weighted by Gasteiger charge is -2.40. The number of ether oxygens (including phenoxy) is 1. The predicted octanol–water partition coefficient (Wildman–Crippen LogP) is 3.29. The maximum Gasteiger partial charge on any atom is 0.401 e. The Labute approximate surface area is 118 Å². The molecule has 0 aromatic carbocycles. The fourth-order valence-corrected chi connectivity index (χ4v) is 2.79. The SMILES string of the molecule is CCOC(=O)C1(NCC(F)(F)F)CCC(C(C)C)CC1. The zero-order valence-corrected chi connectivity index (χ0v) is 12.3. The van der Waals surface area contributed by atoms with Crippen LogP contribution in [0, 0.1) is 11.8 Å². The van der Waals surface area contributed by atoms with Crippen LogP contribution in [0.5, 0.6) is 0 Å². The van der Waals surface area contributed by atoms with E-state index in [0.29, 0.717) is 24.7 Å². The van der Waals surface area contributed by atoms with Crippen molar-refractivity contribution in [3.63, 3.8) is 0 Å². The topological polar surface area (TPSA) is 38.3 Å². The largest absolute Gasteiger partial charge is 0.465 e. The summed E-state index contributed by atoms with van der Waals surface area (Å²) in [7, 11) is 0. The van der Waals surface area contributed by atoms with E-state index in [0.717, 1.165) is 12.8 Å². The minimum absolute atomic E-state index is 0.182. The first-order valence-corrected chi connectivity index (χ1v) is 7.19. The Kier molecular flexibility index (Phi) is 5.86. The maximum atomic E-state index is 12.4. The fraction of sp³-hybridized carbons (Fsp3) is 0.929. The zero-order valence-electron chi connectivity index (χ0n) is 12.3. The molecule has 3 nitrogen and oxygen atoms in total. The third-order valence-electron chi connectivity index (χ3n) is 4.12. The number of alkyl halides is 3. The van der Waals surface area contributed by atoms with E-state index in [-0.39, 0.29) is 6.61 Å². The van der Waals surface area contributed by atoms with Gasteiger partial charge in [-0.05, 0) is 44.4 Å². The number of hydrogen-bond acceptors (Lipinski definition) is 3. The van der Waals surface area contributed by atoms with Crippen LogP contribution in [-0.2, 0) is 9.53 Å². The smallest absolute Gasteiger partial charge is 0.401 e. The summed E-state index contributed by atoms with van der Waals surface area (Å²) in [5.74, 6) is 0.398. The molecule has 0 unspecified atom stereocenters. The van der Waals surface area contributed by atoms with E-state index in [9.17, 15) is 18.0 Å². The van der Waals surface area contributed by atoms with E-state index in [1.165, 1.54) is 0 Å². The highest BCUT2D eigenvalue weighted by molar-refractivity contribution is 5.81. The molecule has 0 saturated heterocycles. The van der Waals surface area contributed by atoms with E-state index in [2.05, 4.69) is 19.2 Å². The van der Waals surface area contributed by atoms with Gasteiger partial charge >= 0.3 is 12.1 Å². The molecule has 0 radical (unpaired) electrons. The van der Waals surface area contributed by atoms with Crippen molar-refractivity contribution in [1.29, 1.82) is 0 Å². The van der Waals surface area contributed by atoms with Gasteiger partial charge in [-0.25, -0.2) is 0 Å². The van der Waals surface area contributed by atoms with Crippen molar-refractivity contribution in [2.24, 2.45) is 11.8 Å². The van der Waals surface area contributed by atoms with Crippen molar-refractivity contribution in [3.05, 3.63) is 0 Å². The molecule has 0 atom stereocenters. The van der Waals surface area contributed by atoms with Crippen LogP contribution >= 0.6 is 0 Å². The summed E-state index contributed by atoms with van der Waals surface area (Å²) in [6.45, 7) is 4.89. The standard InChI is InChI=1S/C14H24F3NO2/c1-4-20-12(19)13(18-9-14(15,16)17)7-5-11(6-8-13)10(2)3/h10-11,18H,4-9H2,1-3H3. The fourth-order valence-electron chi connectivity index (χ4n) is 2.79. The summed E-state index contributed by atoms with van der Waals surface area (Å²) >= 11 is 0. The normalized spacial score (nSPS) is 27.6. The summed E-state index contributed by atoms with van der Waals surface area (Å²) in [6, 6.07) is 0. The molecule has 0 bridgehead atoms. The van der Waals surface area contributed by atoms with Crippen molar-refractivity contribution in [3.8, 4) is 0 Å². The first-order valence-electron chi connectivity index (χ1n) is 7.19. The Hall–Kier alpha value is -0.780. The first-order chi connectivity index (χ1) is 9.20. The molecule has 6 heteroatoms. The average Bonchev–Trinajstić information content (AvgIpc) is 2.36. The van der Waals surface area contributed by atoms with Crippen LogP contribution in [0.15, 0.2) is 0 Å². The number of rotatable bonds is 5. The highest BCUT2D eigenvalue weighted by Crippen LogP contribution is 2.37. The van der Waals surface area contributed by atoms with Gasteiger partial charge in [-0.3, -0.25) is 10.1 Å². The molecule has 0 aliphatic heterocycles. The van der Waals surface area contributed by atoms with Gasteiger partial charge in [0.05, 0.1) is 13.2 Å². The number of carbonyl (C=O) groups is 1. The second-order valence-corrected chi connectivity index (χ2v) is 5.85. The number of nitrogens with one attached hydrogen (secondary N) is 1. The molecule has 0 amide bonds. The van der Waals surface area contributed by atoms with Crippen LogP contribution in [0.3, 0.4) is 0 Å². The van der Waals surface area contributed by atoms with Crippen molar-refractivity contribution in [2.75, 3.05) is 13.2 Å². The Morgan fingerprint density at radius 2 is 1.90 bits per heavy atom. The van der Waals surface area contributed by atoms with Crippen molar-refractivity contribution < 1.29 is 22.7 Å². The third-order valence-corrected chi connectivity index (χ3v) is 4.12. The summed E-state index contributed by atoms with van der Waals surface area (Å²) in [4.78, 5) is 12.1. The highest BCUT2D eigenvalue weighted by Gasteiger charge is 2.45. The minimum Gasteiger partial charge on any atom is -0.465 e. The molecule has 1 rings (SSSR count). The summed E-state index contributed by atoms with van der Waals surface area (Å²) in [5, 5.41) is 2.42. The van der Waals surface area contributed by atoms with Crippen LogP contribution in [0.4, 0.5) is 13.2 Å². The van der Waals surface area contributed by atoms with Crippen LogP contribution in [-0.4, -0.2) is 30.8 Å². The lowest BCUT2D eigenvalue weighted by Crippen LogP contribution is -2.57. The van der Waals surface area contributed by atoms with Gasteiger partial charge in [0.2, 0.25) is 0 Å². The number of carbonyl (C=O) groups excluding carboxylic acids is 1. The van der Waals surface area contributed by atoms with Crippen molar-refractivity contribution in [1.82, 2.24) is 5.32 Å². The highest BCUT2D eigenvalue weighted by atomic mass is 19.4. The van der Waals surface area contributed by atoms with Crippen LogP contribution < -0.4 is 5.32 Å². The second kappa shape index (κ2) is 6.78. The minimum atomic E-state index is -4.33. The summed E-state index contributed by atoms with van der Waals surface area (Å²) < 4.78 is 42.2. The van der Waals surface area contributed by atoms with Gasteiger partial charge in [0.15, 0.2) is 0 Å². The van der Waals surface area contributed by atoms with Crippen LogP contribution in [0.1, 0.15) is 46.5 Å². The van der Waals surface area contributed by atoms with E-state index in [1.54, 1.807) is 6.92 Å². The van der Waals surface area contributed by atoms with E-state index >= 15 is 0 Å². The lowest BCUT2D eigenvalue weighted by molar-refractivity contribution is -0.158. The molecule has 0 heterocycles. The van der Waals surface area contributed by atoms with E-state index in [4.69, 9.17) is 4.74 Å². The van der Waals surface area contributed by atoms with Gasteiger partial charge in [-0.15, -0.1) is 0 Å². The molecular weight excluding hydrogens is 271 g/mol. The van der Waals surface area contributed by atoms with Gasteiger partial charge in [0.1, 0.15) is 5.54 Å². The van der Waals surface area contributed by atoms with E-state index < -0.39 is 24.2 Å². The Morgan fingerprint density at radius 1 is 1.35 bits per heavy atom. The van der Waals surface area contributed by atoms with Gasteiger partial charge in [-0.2, -0.15) is 13.2 Å². The van der Waals surface area contributed by atoms with Crippen molar-refractivity contribution in [2.45, 2.75) is 58.2 Å². The predicted molar refractivity (Wildman–Crippen MR) is 70.2 cm³/mol. The van der Waals surface area contributed by atoms with E-state index in [1.807, 2.05) is 0 Å². The van der Waals surface area contributed by atoms with Crippen LogP contribution in [0.25, 0.3) is 0 Å². The number of hydrogen-bond donors (Lipinski definition) is 1. The number of halogens is 3. The monoisotopic (exact) mass is 295 g/mol. The zero-order chi connectivity index (χ0) is 15.4. The number of esters is 1. The molecule has 20 heavy (non-hydrogen) atoms. The van der Waals surface area contributed by atoms with Crippen LogP contribution in [0.2, 0.25) is 0 Å². The molecule has 1 aliphatic rings. The first kappa shape index (κ1) is 17.3. The summed E-state index contributed by atoms with van der Waals surface area (Å²) in [5.41, 5.74) is -1.17. The molecule has 0 aromatic heterocycles. The van der Waals surface area contributed by atoms with Crippen molar-refractivity contribution >= 4 is 5.97 Å². The molecule has 0 spiro atoms. The Morgan fingerprint density at radius 3 is 2.30 bits per heavy atom. The Balaban J connectivity index is 2.74. The molecule has 0 aromatic rings. The molecule has 1 fully saturated rings. The van der Waals surface area contributed by atoms with Gasteiger partial charge in [0, 0.05) is 0 Å². The molecule has 1 N–H and O–H groups in total. The molecular formula is C14H24F3NO2. The van der Waals surface area contributed by atoms with Gasteiger partial charge < -0.3 is 4.74 Å². The van der Waals surface area contributed by atoms with Gasteiger partial charge in [-0.1, -0.05) is 13.8 Å². The Bertz CT molecular complexity index is 321. The average molecular weight is 295 g/mol. The quantitative estimate of drug-likeness (QED) is 0.791. The molecule has 118 valence electrons. The molecule has 1 aliphatic carbocycles. The summed E-state index contributed by atoms with van der Waals surface area (Å²) in [6.07, 6.45) is -2.01. The molecule has 1 saturated carbocycles. The third kappa shape index (κ3) is 4.65. The lowest BCUT2D eigenvalue weighted by atomic mass is 9.72. The van der Waals surface area contributed by atoms with Gasteiger partial charge in [0.25, 0.3) is 0 Å². The second-order valence-electron chi connectivity index (χ2n) is 5.85.